The highest BCUT2D eigenvalue weighted by atomic mass is 16.5. The lowest BCUT2D eigenvalue weighted by atomic mass is 9.94. The lowest BCUT2D eigenvalue weighted by molar-refractivity contribution is -0.00605. The molecular formula is C20H19N5O3. The Bertz CT molecular complexity index is 1100. The van der Waals surface area contributed by atoms with Crippen LogP contribution < -0.4 is 0 Å². The molecule has 8 heteroatoms. The van der Waals surface area contributed by atoms with Crippen LogP contribution in [0.15, 0.2) is 47.4 Å². The molecule has 5 heterocycles. The van der Waals surface area contributed by atoms with Gasteiger partial charge in [0.15, 0.2) is 5.66 Å². The van der Waals surface area contributed by atoms with Crippen LogP contribution in [0.3, 0.4) is 0 Å². The second kappa shape index (κ2) is 5.79. The Balaban J connectivity index is 1.72. The Morgan fingerprint density at radius 1 is 1.25 bits per heavy atom. The Morgan fingerprint density at radius 3 is 2.86 bits per heavy atom. The van der Waals surface area contributed by atoms with Crippen molar-refractivity contribution in [3.8, 4) is 0 Å². The molecule has 3 aromatic rings. The molecule has 1 saturated heterocycles. The van der Waals surface area contributed by atoms with Gasteiger partial charge in [0.1, 0.15) is 17.5 Å². The Hall–Kier alpha value is -3.42. The van der Waals surface area contributed by atoms with E-state index in [1.54, 1.807) is 22.9 Å². The van der Waals surface area contributed by atoms with E-state index in [9.17, 15) is 9.59 Å². The van der Waals surface area contributed by atoms with Crippen LogP contribution in [-0.2, 0) is 12.2 Å². The van der Waals surface area contributed by atoms with E-state index in [1.807, 2.05) is 42.0 Å². The molecule has 2 aliphatic rings. The van der Waals surface area contributed by atoms with E-state index in [0.29, 0.717) is 36.6 Å². The minimum atomic E-state index is -0.919. The van der Waals surface area contributed by atoms with Crippen molar-refractivity contribution in [1.82, 2.24) is 24.5 Å². The SMILES string of the molecule is Cc1cc(C23Cn4cccc4C(=O)N2CCN3C(=O)c2conc2C)ccn1. The molecule has 1 atom stereocenters. The molecule has 0 aliphatic carbocycles. The molecule has 2 amide bonds. The molecule has 1 unspecified atom stereocenters. The third-order valence-corrected chi connectivity index (χ3v) is 5.71. The van der Waals surface area contributed by atoms with E-state index in [2.05, 4.69) is 10.1 Å². The van der Waals surface area contributed by atoms with Gasteiger partial charge < -0.3 is 18.9 Å². The molecule has 142 valence electrons. The maximum absolute atomic E-state index is 13.5. The summed E-state index contributed by atoms with van der Waals surface area (Å²) in [4.78, 5) is 34.6. The Morgan fingerprint density at radius 2 is 2.11 bits per heavy atom. The summed E-state index contributed by atoms with van der Waals surface area (Å²) in [6.07, 6.45) is 4.97. The average molecular weight is 377 g/mol. The first kappa shape index (κ1) is 16.7. The minimum Gasteiger partial charge on any atom is -0.364 e. The van der Waals surface area contributed by atoms with Gasteiger partial charge in [-0.2, -0.15) is 0 Å². The van der Waals surface area contributed by atoms with E-state index in [1.165, 1.54) is 6.26 Å². The molecule has 0 saturated carbocycles. The van der Waals surface area contributed by atoms with E-state index in [4.69, 9.17) is 4.52 Å². The Labute approximate surface area is 161 Å². The van der Waals surface area contributed by atoms with E-state index in [0.717, 1.165) is 11.3 Å². The van der Waals surface area contributed by atoms with Crippen LogP contribution in [0.2, 0.25) is 0 Å². The fraction of sp³-hybridized carbons (Fsp3) is 0.300. The first-order chi connectivity index (χ1) is 13.5. The first-order valence-electron chi connectivity index (χ1n) is 9.15. The van der Waals surface area contributed by atoms with Gasteiger partial charge in [-0.05, 0) is 38.1 Å². The number of rotatable bonds is 2. The fourth-order valence-corrected chi connectivity index (χ4v) is 4.39. The molecule has 5 rings (SSSR count). The molecule has 3 aromatic heterocycles. The number of aromatic nitrogens is 3. The largest absolute Gasteiger partial charge is 0.364 e. The quantitative estimate of drug-likeness (QED) is 0.682. The third-order valence-electron chi connectivity index (χ3n) is 5.71. The summed E-state index contributed by atoms with van der Waals surface area (Å²) in [5.41, 5.74) is 2.37. The van der Waals surface area contributed by atoms with Crippen LogP contribution in [-0.4, -0.2) is 49.4 Å². The van der Waals surface area contributed by atoms with Gasteiger partial charge in [0.2, 0.25) is 0 Å². The lowest BCUT2D eigenvalue weighted by Gasteiger charge is -2.47. The van der Waals surface area contributed by atoms with Gasteiger partial charge in [0.25, 0.3) is 11.8 Å². The number of carbonyl (C=O) groups is 2. The molecular weight excluding hydrogens is 358 g/mol. The average Bonchev–Trinajstić information content (AvgIpc) is 3.40. The summed E-state index contributed by atoms with van der Waals surface area (Å²) in [5.74, 6) is -0.276. The summed E-state index contributed by atoms with van der Waals surface area (Å²) >= 11 is 0. The van der Waals surface area contributed by atoms with Crippen molar-refractivity contribution in [2.45, 2.75) is 26.1 Å². The second-order valence-corrected chi connectivity index (χ2v) is 7.25. The summed E-state index contributed by atoms with van der Waals surface area (Å²) in [6, 6.07) is 7.50. The summed E-state index contributed by atoms with van der Waals surface area (Å²) in [7, 11) is 0. The van der Waals surface area contributed by atoms with Gasteiger partial charge in [0, 0.05) is 36.7 Å². The number of carbonyl (C=O) groups excluding carboxylic acids is 2. The zero-order valence-corrected chi connectivity index (χ0v) is 15.6. The third kappa shape index (κ3) is 2.11. The highest BCUT2D eigenvalue weighted by molar-refractivity contribution is 5.98. The number of hydrogen-bond acceptors (Lipinski definition) is 5. The minimum absolute atomic E-state index is 0.0805. The highest BCUT2D eigenvalue weighted by Crippen LogP contribution is 2.43. The van der Waals surface area contributed by atoms with Gasteiger partial charge in [-0.15, -0.1) is 0 Å². The molecule has 0 radical (unpaired) electrons. The van der Waals surface area contributed by atoms with Crippen LogP contribution in [0.4, 0.5) is 0 Å². The zero-order valence-electron chi connectivity index (χ0n) is 15.6. The van der Waals surface area contributed by atoms with E-state index in [-0.39, 0.29) is 11.8 Å². The maximum Gasteiger partial charge on any atom is 0.272 e. The highest BCUT2D eigenvalue weighted by Gasteiger charge is 2.56. The zero-order chi connectivity index (χ0) is 19.5. The normalized spacial score (nSPS) is 21.0. The summed E-state index contributed by atoms with van der Waals surface area (Å²) in [5, 5.41) is 3.85. The number of hydrogen-bond donors (Lipinski definition) is 0. The number of aryl methyl sites for hydroxylation is 2. The maximum atomic E-state index is 13.5. The van der Waals surface area contributed by atoms with Crippen LogP contribution in [0, 0.1) is 13.8 Å². The molecule has 0 aromatic carbocycles. The smallest absolute Gasteiger partial charge is 0.272 e. The molecule has 28 heavy (non-hydrogen) atoms. The number of nitrogens with zero attached hydrogens (tertiary/aromatic N) is 5. The molecule has 0 spiro atoms. The first-order valence-corrected chi connectivity index (χ1v) is 9.15. The van der Waals surface area contributed by atoms with Crippen molar-refractivity contribution >= 4 is 11.8 Å². The van der Waals surface area contributed by atoms with Crippen LogP contribution >= 0.6 is 0 Å². The van der Waals surface area contributed by atoms with Gasteiger partial charge in [-0.1, -0.05) is 5.16 Å². The second-order valence-electron chi connectivity index (χ2n) is 7.25. The molecule has 1 fully saturated rings. The monoisotopic (exact) mass is 377 g/mol. The van der Waals surface area contributed by atoms with Gasteiger partial charge in [-0.3, -0.25) is 14.6 Å². The van der Waals surface area contributed by atoms with Crippen LogP contribution in [0.5, 0.6) is 0 Å². The number of amides is 2. The molecule has 8 nitrogen and oxygen atoms in total. The summed E-state index contributed by atoms with van der Waals surface area (Å²) < 4.78 is 6.91. The van der Waals surface area contributed by atoms with Crippen LogP contribution in [0.1, 0.15) is 37.8 Å². The number of pyridine rings is 1. The van der Waals surface area contributed by atoms with Gasteiger partial charge in [-0.25, -0.2) is 0 Å². The number of fused-ring (bicyclic) bond motifs is 2. The van der Waals surface area contributed by atoms with Crippen molar-refractivity contribution in [3.63, 3.8) is 0 Å². The van der Waals surface area contributed by atoms with Crippen molar-refractivity contribution in [2.75, 3.05) is 13.1 Å². The fourth-order valence-electron chi connectivity index (χ4n) is 4.39. The van der Waals surface area contributed by atoms with Crippen LogP contribution in [0.25, 0.3) is 0 Å². The van der Waals surface area contributed by atoms with E-state index >= 15 is 0 Å². The van der Waals surface area contributed by atoms with Crippen molar-refractivity contribution in [2.24, 2.45) is 0 Å². The van der Waals surface area contributed by atoms with Crippen molar-refractivity contribution in [1.29, 1.82) is 0 Å². The van der Waals surface area contributed by atoms with E-state index < -0.39 is 5.66 Å². The standard InChI is InChI=1S/C20H19N5O3/c1-13-10-15(5-6-21-13)20-12-23-7-3-4-17(23)19(27)25(20)9-8-24(20)18(26)16-11-28-22-14(16)2/h3-7,10-11H,8-9,12H2,1-2H3. The molecule has 0 N–H and O–H groups in total. The topological polar surface area (TPSA) is 84.5 Å². The predicted octanol–water partition coefficient (Wildman–Crippen LogP) is 1.95. The van der Waals surface area contributed by atoms with Gasteiger partial charge in [0.05, 0.1) is 12.2 Å². The predicted molar refractivity (Wildman–Crippen MR) is 98.4 cm³/mol. The lowest BCUT2D eigenvalue weighted by Crippen LogP contribution is -2.60. The van der Waals surface area contributed by atoms with Crippen molar-refractivity contribution in [3.05, 3.63) is 71.1 Å². The van der Waals surface area contributed by atoms with Crippen molar-refractivity contribution < 1.29 is 14.1 Å². The molecule has 0 bridgehead atoms. The summed E-state index contributed by atoms with van der Waals surface area (Å²) in [6.45, 7) is 4.99. The Kier molecular flexibility index (Phi) is 3.46. The van der Waals surface area contributed by atoms with Gasteiger partial charge >= 0.3 is 0 Å². The molecule has 2 aliphatic heterocycles.